The first-order chi connectivity index (χ1) is 11.7. The summed E-state index contributed by atoms with van der Waals surface area (Å²) >= 11 is 0. The van der Waals surface area contributed by atoms with Crippen molar-refractivity contribution in [2.75, 3.05) is 19.6 Å². The maximum atomic E-state index is 13.0. The smallest absolute Gasteiger partial charge is 0.123 e. The Morgan fingerprint density at radius 1 is 1.12 bits per heavy atom. The lowest BCUT2D eigenvalue weighted by Gasteiger charge is -2.33. The second-order valence-corrected chi connectivity index (χ2v) is 6.32. The zero-order valence-corrected chi connectivity index (χ0v) is 13.7. The van der Waals surface area contributed by atoms with Crippen LogP contribution in [0.5, 0.6) is 0 Å². The number of halogens is 1. The van der Waals surface area contributed by atoms with E-state index in [0.29, 0.717) is 0 Å². The van der Waals surface area contributed by atoms with Crippen LogP contribution in [0.25, 0.3) is 6.08 Å². The monoisotopic (exact) mass is 326 g/mol. The van der Waals surface area contributed by atoms with E-state index in [2.05, 4.69) is 22.0 Å². The molecule has 0 spiro atoms. The molecule has 126 valence electrons. The van der Waals surface area contributed by atoms with Gasteiger partial charge in [0.15, 0.2) is 0 Å². The summed E-state index contributed by atoms with van der Waals surface area (Å²) in [6, 6.07) is 10.2. The lowest BCUT2D eigenvalue weighted by Crippen LogP contribution is -2.35. The van der Waals surface area contributed by atoms with Crippen LogP contribution in [0.1, 0.15) is 30.1 Å². The number of hydrogen-bond acceptors (Lipinski definition) is 3. The highest BCUT2D eigenvalue weighted by molar-refractivity contribution is 5.47. The van der Waals surface area contributed by atoms with Crippen molar-refractivity contribution >= 4 is 6.08 Å². The van der Waals surface area contributed by atoms with E-state index in [0.717, 1.165) is 43.6 Å². The molecule has 0 bridgehead atoms. The fourth-order valence-corrected chi connectivity index (χ4v) is 3.20. The van der Waals surface area contributed by atoms with Crippen LogP contribution in [0.3, 0.4) is 0 Å². The predicted octanol–water partition coefficient (Wildman–Crippen LogP) is 3.68. The molecule has 1 unspecified atom stereocenters. The topological polar surface area (TPSA) is 36.4 Å². The Hall–Kier alpha value is -2.04. The summed E-state index contributed by atoms with van der Waals surface area (Å²) in [5, 5.41) is 10.5. The normalized spacial score (nSPS) is 18.1. The molecule has 0 radical (unpaired) electrons. The third-order valence-electron chi connectivity index (χ3n) is 4.67. The minimum Gasteiger partial charge on any atom is -0.388 e. The predicted molar refractivity (Wildman–Crippen MR) is 93.8 cm³/mol. The number of likely N-dealkylation sites (tertiary alicyclic amines) is 1. The Labute approximate surface area is 142 Å². The standard InChI is InChI=1S/C20H23FN2O/c21-19-5-3-17(4-6-19)20(24)18-9-14-23(15-10-18)13-1-2-16-7-11-22-12-8-16/h1-8,11-12,18,20,24H,9-10,13-15H2/b2-1+. The summed E-state index contributed by atoms with van der Waals surface area (Å²) < 4.78 is 13.0. The molecule has 1 aliphatic heterocycles. The molecular formula is C20H23FN2O. The average Bonchev–Trinajstić information content (AvgIpc) is 2.63. The van der Waals surface area contributed by atoms with Crippen molar-refractivity contribution in [3.05, 3.63) is 71.8 Å². The number of hydrogen-bond donors (Lipinski definition) is 1. The Morgan fingerprint density at radius 2 is 1.79 bits per heavy atom. The number of pyridine rings is 1. The molecule has 1 atom stereocenters. The van der Waals surface area contributed by atoms with Crippen LogP contribution in [0, 0.1) is 11.7 Å². The van der Waals surface area contributed by atoms with Crippen LogP contribution in [0.2, 0.25) is 0 Å². The first-order valence-corrected chi connectivity index (χ1v) is 8.45. The highest BCUT2D eigenvalue weighted by Crippen LogP contribution is 2.30. The summed E-state index contributed by atoms with van der Waals surface area (Å²) in [5.74, 6) is -0.0161. The minimum absolute atomic E-state index is 0.246. The largest absolute Gasteiger partial charge is 0.388 e. The Balaban J connectivity index is 1.47. The van der Waals surface area contributed by atoms with Crippen LogP contribution in [0.4, 0.5) is 4.39 Å². The molecule has 3 nitrogen and oxygen atoms in total. The highest BCUT2D eigenvalue weighted by atomic mass is 19.1. The van der Waals surface area contributed by atoms with Gasteiger partial charge in [-0.15, -0.1) is 0 Å². The van der Waals surface area contributed by atoms with Crippen molar-refractivity contribution in [3.63, 3.8) is 0 Å². The van der Waals surface area contributed by atoms with E-state index in [4.69, 9.17) is 0 Å². The number of aromatic nitrogens is 1. The molecule has 4 heteroatoms. The van der Waals surface area contributed by atoms with E-state index < -0.39 is 6.10 Å². The van der Waals surface area contributed by atoms with Crippen LogP contribution in [0.15, 0.2) is 54.9 Å². The number of nitrogens with zero attached hydrogens (tertiary/aromatic N) is 2. The fourth-order valence-electron chi connectivity index (χ4n) is 3.20. The van der Waals surface area contributed by atoms with Crippen molar-refractivity contribution in [2.24, 2.45) is 5.92 Å². The molecule has 1 N–H and O–H groups in total. The van der Waals surface area contributed by atoms with Gasteiger partial charge in [0, 0.05) is 18.9 Å². The van der Waals surface area contributed by atoms with E-state index in [1.165, 1.54) is 12.1 Å². The summed E-state index contributed by atoms with van der Waals surface area (Å²) in [6.45, 7) is 2.87. The summed E-state index contributed by atoms with van der Waals surface area (Å²) in [6.07, 6.45) is 9.29. The van der Waals surface area contributed by atoms with Gasteiger partial charge in [-0.3, -0.25) is 9.88 Å². The van der Waals surface area contributed by atoms with Gasteiger partial charge in [-0.05, 0) is 67.2 Å². The summed E-state index contributed by atoms with van der Waals surface area (Å²) in [7, 11) is 0. The number of benzene rings is 1. The zero-order chi connectivity index (χ0) is 16.8. The maximum Gasteiger partial charge on any atom is 0.123 e. The third-order valence-corrected chi connectivity index (χ3v) is 4.67. The Bertz CT molecular complexity index is 649. The van der Waals surface area contributed by atoms with Crippen LogP contribution in [-0.2, 0) is 0 Å². The molecule has 1 aromatic heterocycles. The van der Waals surface area contributed by atoms with Gasteiger partial charge in [0.25, 0.3) is 0 Å². The van der Waals surface area contributed by atoms with Crippen molar-refractivity contribution < 1.29 is 9.50 Å². The molecule has 1 aliphatic rings. The van der Waals surface area contributed by atoms with Gasteiger partial charge in [-0.2, -0.15) is 0 Å². The van der Waals surface area contributed by atoms with Crippen molar-refractivity contribution in [1.82, 2.24) is 9.88 Å². The first kappa shape index (κ1) is 16.8. The van der Waals surface area contributed by atoms with Gasteiger partial charge in [0.2, 0.25) is 0 Å². The van der Waals surface area contributed by atoms with E-state index >= 15 is 0 Å². The van der Waals surface area contributed by atoms with Crippen molar-refractivity contribution in [1.29, 1.82) is 0 Å². The molecule has 1 saturated heterocycles. The number of aliphatic hydroxyl groups is 1. The van der Waals surface area contributed by atoms with Crippen LogP contribution < -0.4 is 0 Å². The summed E-state index contributed by atoms with van der Waals surface area (Å²) in [5.41, 5.74) is 1.97. The van der Waals surface area contributed by atoms with E-state index in [-0.39, 0.29) is 11.7 Å². The molecule has 2 aromatic rings. The van der Waals surface area contributed by atoms with E-state index in [1.54, 1.807) is 24.5 Å². The number of piperidine rings is 1. The zero-order valence-electron chi connectivity index (χ0n) is 13.7. The van der Waals surface area contributed by atoms with Gasteiger partial charge in [0.05, 0.1) is 6.10 Å². The van der Waals surface area contributed by atoms with E-state index in [1.807, 2.05) is 12.1 Å². The molecule has 0 saturated carbocycles. The van der Waals surface area contributed by atoms with Gasteiger partial charge in [0.1, 0.15) is 5.82 Å². The van der Waals surface area contributed by atoms with Crippen molar-refractivity contribution in [2.45, 2.75) is 18.9 Å². The second-order valence-electron chi connectivity index (χ2n) is 6.32. The highest BCUT2D eigenvalue weighted by Gasteiger charge is 2.25. The Morgan fingerprint density at radius 3 is 2.46 bits per heavy atom. The summed E-state index contributed by atoms with van der Waals surface area (Å²) in [4.78, 5) is 6.40. The Kier molecular flexibility index (Phi) is 5.72. The average molecular weight is 326 g/mol. The minimum atomic E-state index is -0.500. The first-order valence-electron chi connectivity index (χ1n) is 8.45. The molecule has 0 aliphatic carbocycles. The lowest BCUT2D eigenvalue weighted by atomic mass is 9.87. The molecule has 1 fully saturated rings. The second kappa shape index (κ2) is 8.18. The van der Waals surface area contributed by atoms with Crippen molar-refractivity contribution in [3.8, 4) is 0 Å². The molecule has 0 amide bonds. The maximum absolute atomic E-state index is 13.0. The number of rotatable bonds is 5. The third kappa shape index (κ3) is 4.49. The SMILES string of the molecule is OC(c1ccc(F)cc1)C1CCN(C/C=C/c2ccncc2)CC1. The number of aliphatic hydroxyl groups excluding tert-OH is 1. The van der Waals surface area contributed by atoms with Crippen LogP contribution >= 0.6 is 0 Å². The lowest BCUT2D eigenvalue weighted by molar-refractivity contribution is 0.0621. The fraction of sp³-hybridized carbons (Fsp3) is 0.350. The van der Waals surface area contributed by atoms with E-state index in [9.17, 15) is 9.50 Å². The van der Waals surface area contributed by atoms with Gasteiger partial charge in [-0.1, -0.05) is 24.3 Å². The molecular weight excluding hydrogens is 303 g/mol. The quantitative estimate of drug-likeness (QED) is 0.910. The van der Waals surface area contributed by atoms with Gasteiger partial charge >= 0.3 is 0 Å². The molecule has 24 heavy (non-hydrogen) atoms. The molecule has 1 aromatic carbocycles. The van der Waals surface area contributed by atoms with Gasteiger partial charge < -0.3 is 5.11 Å². The molecule has 2 heterocycles. The molecule has 3 rings (SSSR count). The van der Waals surface area contributed by atoms with Crippen LogP contribution in [-0.4, -0.2) is 34.6 Å². The van der Waals surface area contributed by atoms with Gasteiger partial charge in [-0.25, -0.2) is 4.39 Å².